The summed E-state index contributed by atoms with van der Waals surface area (Å²) in [5.41, 5.74) is 8.02. The second-order valence-corrected chi connectivity index (χ2v) is 11.2. The van der Waals surface area contributed by atoms with Crippen LogP contribution < -0.4 is 20.6 Å². The van der Waals surface area contributed by atoms with Crippen LogP contribution in [0.25, 0.3) is 22.3 Å². The normalized spacial score (nSPS) is 15.0. The molecule has 9 heteroatoms. The molecule has 204 valence electrons. The molecular formula is C29H35ClN2O6. The molecule has 1 fully saturated rings. The Morgan fingerprint density at radius 2 is 1.84 bits per heavy atom. The van der Waals surface area contributed by atoms with Gasteiger partial charge in [0.25, 0.3) is 0 Å². The number of hydrogen-bond acceptors (Lipinski definition) is 7. The van der Waals surface area contributed by atoms with E-state index in [9.17, 15) is 9.59 Å². The van der Waals surface area contributed by atoms with Crippen molar-refractivity contribution in [3.05, 3.63) is 56.2 Å². The Labute approximate surface area is 227 Å². The van der Waals surface area contributed by atoms with Gasteiger partial charge in [-0.15, -0.1) is 0 Å². The topological polar surface area (TPSA) is 104 Å². The molecule has 0 bridgehead atoms. The summed E-state index contributed by atoms with van der Waals surface area (Å²) < 4.78 is 22.8. The van der Waals surface area contributed by atoms with Gasteiger partial charge in [0, 0.05) is 5.56 Å². The quantitative estimate of drug-likeness (QED) is 0.417. The number of benzene rings is 2. The number of hydrogen-bond donors (Lipinski definition) is 1. The van der Waals surface area contributed by atoms with Gasteiger partial charge in [-0.3, -0.25) is 4.79 Å². The molecule has 0 saturated carbocycles. The number of fused-ring (bicyclic) bond motifs is 1. The predicted molar refractivity (Wildman–Crippen MR) is 149 cm³/mol. The highest BCUT2D eigenvalue weighted by atomic mass is 35.5. The maximum atomic E-state index is 14.2. The fourth-order valence-corrected chi connectivity index (χ4v) is 5.62. The number of methoxy groups -OCH3 is 2. The molecule has 1 aliphatic rings. The molecule has 0 spiro atoms. The van der Waals surface area contributed by atoms with Crippen molar-refractivity contribution in [1.82, 2.24) is 4.90 Å². The van der Waals surface area contributed by atoms with Crippen molar-refractivity contribution in [3.63, 3.8) is 0 Å². The SMILES string of the molecule is COc1ccc(-c2oc3c(C4CCN(C)CC4)cc(COC(N)=O)c(C(C)(C)C)c3c(=O)c2OC)cc1Cl. The van der Waals surface area contributed by atoms with Crippen molar-refractivity contribution in [3.8, 4) is 22.8 Å². The summed E-state index contributed by atoms with van der Waals surface area (Å²) in [4.78, 5) is 28.0. The lowest BCUT2D eigenvalue weighted by atomic mass is 9.78. The molecule has 2 heterocycles. The first-order valence-electron chi connectivity index (χ1n) is 12.6. The smallest absolute Gasteiger partial charge is 0.404 e. The van der Waals surface area contributed by atoms with Gasteiger partial charge in [0.1, 0.15) is 17.9 Å². The fourth-order valence-electron chi connectivity index (χ4n) is 5.36. The van der Waals surface area contributed by atoms with Crippen LogP contribution in [0, 0.1) is 0 Å². The number of halogens is 1. The van der Waals surface area contributed by atoms with Crippen molar-refractivity contribution >= 4 is 28.7 Å². The molecule has 2 N–H and O–H groups in total. The molecule has 1 aliphatic heterocycles. The third-order valence-corrected chi connectivity index (χ3v) is 7.43. The third-order valence-electron chi connectivity index (χ3n) is 7.13. The molecule has 1 saturated heterocycles. The van der Waals surface area contributed by atoms with E-state index in [1.807, 2.05) is 26.8 Å². The monoisotopic (exact) mass is 542 g/mol. The highest BCUT2D eigenvalue weighted by molar-refractivity contribution is 6.32. The number of carbonyl (C=O) groups excluding carboxylic acids is 1. The molecule has 1 aromatic heterocycles. The third kappa shape index (κ3) is 5.33. The number of carbonyl (C=O) groups is 1. The zero-order chi connectivity index (χ0) is 27.8. The summed E-state index contributed by atoms with van der Waals surface area (Å²) in [5.74, 6) is 1.04. The van der Waals surface area contributed by atoms with Crippen molar-refractivity contribution in [2.24, 2.45) is 5.73 Å². The Morgan fingerprint density at radius 3 is 2.39 bits per heavy atom. The minimum absolute atomic E-state index is 0.0465. The lowest BCUT2D eigenvalue weighted by Gasteiger charge is -2.32. The lowest BCUT2D eigenvalue weighted by molar-refractivity contribution is 0.149. The van der Waals surface area contributed by atoms with Crippen LogP contribution in [0.15, 0.2) is 33.5 Å². The highest BCUT2D eigenvalue weighted by Gasteiger charge is 2.32. The van der Waals surface area contributed by atoms with Gasteiger partial charge >= 0.3 is 6.09 Å². The van der Waals surface area contributed by atoms with Gasteiger partial charge in [0.15, 0.2) is 5.76 Å². The van der Waals surface area contributed by atoms with E-state index in [1.54, 1.807) is 25.3 Å². The van der Waals surface area contributed by atoms with Crippen molar-refractivity contribution in [2.75, 3.05) is 34.4 Å². The average molecular weight is 543 g/mol. The zero-order valence-electron chi connectivity index (χ0n) is 22.8. The average Bonchev–Trinajstić information content (AvgIpc) is 2.86. The standard InChI is InChI=1S/C29H35ClN2O6/c1-29(2,3)23-18(15-37-28(31)34)13-19(16-9-11-32(4)12-10-16)26-22(23)24(33)27(36-6)25(38-26)17-7-8-21(35-5)20(30)14-17/h7-8,13-14,16H,9-12,15H2,1-6H3,(H2,31,34). The summed E-state index contributed by atoms with van der Waals surface area (Å²) >= 11 is 6.42. The Morgan fingerprint density at radius 1 is 1.16 bits per heavy atom. The molecule has 38 heavy (non-hydrogen) atoms. The molecule has 4 rings (SSSR count). The van der Waals surface area contributed by atoms with Crippen molar-refractivity contribution in [2.45, 2.75) is 51.6 Å². The number of amides is 1. The number of likely N-dealkylation sites (tertiary alicyclic amines) is 1. The number of primary amides is 1. The molecule has 3 aromatic rings. The van der Waals surface area contributed by atoms with E-state index in [-0.39, 0.29) is 23.7 Å². The summed E-state index contributed by atoms with van der Waals surface area (Å²) in [6.07, 6.45) is 0.925. The predicted octanol–water partition coefficient (Wildman–Crippen LogP) is 5.83. The van der Waals surface area contributed by atoms with E-state index >= 15 is 0 Å². The summed E-state index contributed by atoms with van der Waals surface area (Å²) in [6.45, 7) is 7.81. The van der Waals surface area contributed by atoms with Crippen molar-refractivity contribution in [1.29, 1.82) is 0 Å². The first-order valence-corrected chi connectivity index (χ1v) is 13.0. The number of nitrogens with zero attached hydrogens (tertiary/aromatic N) is 1. The molecule has 1 amide bonds. The molecule has 8 nitrogen and oxygen atoms in total. The van der Waals surface area contributed by atoms with E-state index in [0.29, 0.717) is 33.1 Å². The van der Waals surface area contributed by atoms with Gasteiger partial charge in [-0.1, -0.05) is 32.4 Å². The lowest BCUT2D eigenvalue weighted by Crippen LogP contribution is -2.30. The van der Waals surface area contributed by atoms with E-state index in [2.05, 4.69) is 11.9 Å². The number of piperidine rings is 1. The van der Waals surface area contributed by atoms with Crippen LogP contribution in [0.1, 0.15) is 56.2 Å². The Balaban J connectivity index is 2.10. The van der Waals surface area contributed by atoms with Crippen LogP contribution in [0.5, 0.6) is 11.5 Å². The van der Waals surface area contributed by atoms with Gasteiger partial charge in [-0.25, -0.2) is 4.79 Å². The van der Waals surface area contributed by atoms with Crippen LogP contribution in [0.2, 0.25) is 5.02 Å². The van der Waals surface area contributed by atoms with E-state index in [0.717, 1.165) is 42.6 Å². The maximum absolute atomic E-state index is 14.2. The molecule has 0 atom stereocenters. The van der Waals surface area contributed by atoms with Crippen LogP contribution in [-0.4, -0.2) is 45.3 Å². The first-order chi connectivity index (χ1) is 18.0. The molecule has 2 aromatic carbocycles. The second kappa shape index (κ2) is 10.9. The van der Waals surface area contributed by atoms with Gasteiger partial charge in [0.05, 0.1) is 24.6 Å². The summed E-state index contributed by atoms with van der Waals surface area (Å²) in [5, 5.41) is 0.817. The Kier molecular flexibility index (Phi) is 7.95. The highest BCUT2D eigenvalue weighted by Crippen LogP contribution is 2.43. The largest absolute Gasteiger partial charge is 0.495 e. The second-order valence-electron chi connectivity index (χ2n) is 10.8. The Bertz CT molecular complexity index is 1420. The summed E-state index contributed by atoms with van der Waals surface area (Å²) in [7, 11) is 5.08. The number of nitrogens with two attached hydrogens (primary N) is 1. The van der Waals surface area contributed by atoms with Crippen LogP contribution in [-0.2, 0) is 16.8 Å². The first kappa shape index (κ1) is 27.8. The van der Waals surface area contributed by atoms with Gasteiger partial charge in [0.2, 0.25) is 11.2 Å². The zero-order valence-corrected chi connectivity index (χ0v) is 23.5. The van der Waals surface area contributed by atoms with Crippen LogP contribution in [0.4, 0.5) is 4.79 Å². The van der Waals surface area contributed by atoms with E-state index < -0.39 is 11.5 Å². The maximum Gasteiger partial charge on any atom is 0.404 e. The van der Waals surface area contributed by atoms with E-state index in [4.69, 9.17) is 36.0 Å². The molecule has 0 aliphatic carbocycles. The number of rotatable bonds is 6. The Hall–Kier alpha value is -3.23. The number of ether oxygens (including phenoxy) is 3. The van der Waals surface area contributed by atoms with Crippen molar-refractivity contribution < 1.29 is 23.4 Å². The van der Waals surface area contributed by atoms with Gasteiger partial charge < -0.3 is 29.3 Å². The van der Waals surface area contributed by atoms with Gasteiger partial charge in [-0.05, 0) is 85.3 Å². The summed E-state index contributed by atoms with van der Waals surface area (Å²) in [6, 6.07) is 7.22. The minimum Gasteiger partial charge on any atom is -0.495 e. The molecular weight excluding hydrogens is 508 g/mol. The van der Waals surface area contributed by atoms with Crippen LogP contribution >= 0.6 is 11.6 Å². The molecule has 0 unspecified atom stereocenters. The fraction of sp³-hybridized carbons (Fsp3) is 0.448. The molecule has 0 radical (unpaired) electrons. The van der Waals surface area contributed by atoms with E-state index in [1.165, 1.54) is 7.11 Å². The van der Waals surface area contributed by atoms with Crippen LogP contribution in [0.3, 0.4) is 0 Å². The van der Waals surface area contributed by atoms with Gasteiger partial charge in [-0.2, -0.15) is 0 Å². The minimum atomic E-state index is -0.873.